The number of amides is 1. The number of piperazine rings is 1. The van der Waals surface area contributed by atoms with Gasteiger partial charge in [0.15, 0.2) is 0 Å². The van der Waals surface area contributed by atoms with Crippen LogP contribution in [0.15, 0.2) is 65.1 Å². The van der Waals surface area contributed by atoms with Crippen molar-refractivity contribution in [2.45, 2.75) is 11.3 Å². The van der Waals surface area contributed by atoms with Crippen LogP contribution in [-0.4, -0.2) is 76.9 Å². The number of rotatable bonds is 5. The van der Waals surface area contributed by atoms with Crippen LogP contribution in [0.5, 0.6) is 0 Å². The standard InChI is InChI=1S/C24H30N4O3S/c1-25-24(29)20-10-12-28(13-11-20)32(30,31)23-8-6-19(7-9-23)21-4-3-5-22(18-21)27-16-14-26(2)15-17-27/h3-10,18H,11-17H2,1-2H3,(H,25,29). The van der Waals surface area contributed by atoms with Crippen LogP contribution in [0.25, 0.3) is 11.1 Å². The predicted molar refractivity (Wildman–Crippen MR) is 127 cm³/mol. The molecule has 0 spiro atoms. The van der Waals surface area contributed by atoms with Gasteiger partial charge in [0.1, 0.15) is 0 Å². The van der Waals surface area contributed by atoms with Gasteiger partial charge in [0.2, 0.25) is 15.9 Å². The number of carbonyl (C=O) groups excluding carboxylic acids is 1. The minimum Gasteiger partial charge on any atom is -0.369 e. The summed E-state index contributed by atoms with van der Waals surface area (Å²) in [5, 5.41) is 2.59. The van der Waals surface area contributed by atoms with Crippen LogP contribution in [-0.2, 0) is 14.8 Å². The Morgan fingerprint density at radius 2 is 1.66 bits per heavy atom. The number of nitrogens with zero attached hydrogens (tertiary/aromatic N) is 3. The second-order valence-electron chi connectivity index (χ2n) is 8.29. The number of carbonyl (C=O) groups is 1. The summed E-state index contributed by atoms with van der Waals surface area (Å²) in [5.74, 6) is -0.148. The van der Waals surface area contributed by atoms with Crippen molar-refractivity contribution in [1.29, 1.82) is 0 Å². The average molecular weight is 455 g/mol. The van der Waals surface area contributed by atoms with Crippen LogP contribution in [0.3, 0.4) is 0 Å². The van der Waals surface area contributed by atoms with E-state index in [2.05, 4.69) is 46.4 Å². The summed E-state index contributed by atoms with van der Waals surface area (Å²) in [7, 11) is 0.118. The Morgan fingerprint density at radius 1 is 0.938 bits per heavy atom. The van der Waals surface area contributed by atoms with E-state index in [1.165, 1.54) is 9.99 Å². The first-order valence-electron chi connectivity index (χ1n) is 10.9. The van der Waals surface area contributed by atoms with Gasteiger partial charge in [0.05, 0.1) is 4.90 Å². The van der Waals surface area contributed by atoms with Gasteiger partial charge in [-0.25, -0.2) is 8.42 Å². The molecule has 0 aromatic heterocycles. The molecule has 1 fully saturated rings. The molecule has 1 N–H and O–H groups in total. The van der Waals surface area contributed by atoms with Crippen LogP contribution in [0.2, 0.25) is 0 Å². The van der Waals surface area contributed by atoms with Crippen molar-refractivity contribution < 1.29 is 13.2 Å². The lowest BCUT2D eigenvalue weighted by Crippen LogP contribution is -2.44. The largest absolute Gasteiger partial charge is 0.369 e. The Labute approximate surface area is 190 Å². The minimum absolute atomic E-state index is 0.148. The SMILES string of the molecule is CNC(=O)C1=CCN(S(=O)(=O)c2ccc(-c3cccc(N4CCN(C)CC4)c3)cc2)CC1. The van der Waals surface area contributed by atoms with Crippen LogP contribution in [0, 0.1) is 0 Å². The Kier molecular flexibility index (Phi) is 6.64. The van der Waals surface area contributed by atoms with Gasteiger partial charge >= 0.3 is 0 Å². The van der Waals surface area contributed by atoms with Crippen LogP contribution in [0.1, 0.15) is 6.42 Å². The quantitative estimate of drug-likeness (QED) is 0.750. The molecule has 0 radical (unpaired) electrons. The van der Waals surface area contributed by atoms with Crippen molar-refractivity contribution >= 4 is 21.6 Å². The maximum atomic E-state index is 13.1. The van der Waals surface area contributed by atoms with E-state index in [1.54, 1.807) is 25.3 Å². The second-order valence-corrected chi connectivity index (χ2v) is 10.2. The minimum atomic E-state index is -3.60. The third-order valence-electron chi connectivity index (χ3n) is 6.23. The molecule has 2 heterocycles. The molecule has 0 bridgehead atoms. The van der Waals surface area contributed by atoms with E-state index < -0.39 is 10.0 Å². The molecule has 2 aliphatic rings. The molecular weight excluding hydrogens is 424 g/mol. The molecule has 170 valence electrons. The van der Waals surface area contributed by atoms with Crippen molar-refractivity contribution in [2.75, 3.05) is 58.3 Å². The van der Waals surface area contributed by atoms with Crippen molar-refractivity contribution in [3.05, 3.63) is 60.2 Å². The van der Waals surface area contributed by atoms with Gasteiger partial charge in [-0.05, 0) is 48.9 Å². The first-order chi connectivity index (χ1) is 15.4. The van der Waals surface area contributed by atoms with Crippen molar-refractivity contribution in [2.24, 2.45) is 0 Å². The summed E-state index contributed by atoms with van der Waals surface area (Å²) in [5.41, 5.74) is 3.88. The van der Waals surface area contributed by atoms with Crippen LogP contribution < -0.4 is 10.2 Å². The monoisotopic (exact) mass is 454 g/mol. The summed E-state index contributed by atoms with van der Waals surface area (Å²) < 4.78 is 27.5. The number of sulfonamides is 1. The van der Waals surface area contributed by atoms with E-state index in [0.717, 1.165) is 37.3 Å². The molecular formula is C24H30N4O3S. The molecule has 7 nitrogen and oxygen atoms in total. The molecule has 0 aliphatic carbocycles. The fourth-order valence-electron chi connectivity index (χ4n) is 4.15. The van der Waals surface area contributed by atoms with Crippen LogP contribution >= 0.6 is 0 Å². The van der Waals surface area contributed by atoms with E-state index in [4.69, 9.17) is 0 Å². The first-order valence-corrected chi connectivity index (χ1v) is 12.4. The van der Waals surface area contributed by atoms with Crippen molar-refractivity contribution in [3.63, 3.8) is 0 Å². The number of hydrogen-bond acceptors (Lipinski definition) is 5. The highest BCUT2D eigenvalue weighted by Gasteiger charge is 2.27. The van der Waals surface area contributed by atoms with E-state index >= 15 is 0 Å². The third-order valence-corrected chi connectivity index (χ3v) is 8.11. The number of likely N-dealkylation sites (N-methyl/N-ethyl adjacent to an activating group) is 2. The highest BCUT2D eigenvalue weighted by Crippen LogP contribution is 2.28. The fourth-order valence-corrected chi connectivity index (χ4v) is 5.53. The predicted octanol–water partition coefficient (Wildman–Crippen LogP) is 2.17. The number of anilines is 1. The van der Waals surface area contributed by atoms with Crippen molar-refractivity contribution in [1.82, 2.24) is 14.5 Å². The summed E-state index contributed by atoms with van der Waals surface area (Å²) >= 11 is 0. The summed E-state index contributed by atoms with van der Waals surface area (Å²) in [6.45, 7) is 4.61. The number of nitrogens with one attached hydrogen (secondary N) is 1. The van der Waals surface area contributed by atoms with Gasteiger partial charge in [-0.3, -0.25) is 4.79 Å². The lowest BCUT2D eigenvalue weighted by Gasteiger charge is -2.34. The van der Waals surface area contributed by atoms with Crippen LogP contribution in [0.4, 0.5) is 5.69 Å². The van der Waals surface area contributed by atoms with Gasteiger partial charge < -0.3 is 15.1 Å². The normalized spacial score (nSPS) is 18.3. The Bertz CT molecular complexity index is 1100. The van der Waals surface area contributed by atoms with Gasteiger partial charge in [0, 0.05) is 57.6 Å². The van der Waals surface area contributed by atoms with Crippen molar-refractivity contribution in [3.8, 4) is 11.1 Å². The maximum absolute atomic E-state index is 13.1. The Hall–Kier alpha value is -2.68. The van der Waals surface area contributed by atoms with Gasteiger partial charge in [-0.1, -0.05) is 30.3 Å². The summed E-state index contributed by atoms with van der Waals surface area (Å²) in [6, 6.07) is 15.5. The molecule has 8 heteroatoms. The average Bonchev–Trinajstić information content (AvgIpc) is 2.84. The molecule has 2 aliphatic heterocycles. The smallest absolute Gasteiger partial charge is 0.246 e. The lowest BCUT2D eigenvalue weighted by molar-refractivity contribution is -0.117. The van der Waals surface area contributed by atoms with E-state index in [1.807, 2.05) is 12.1 Å². The van der Waals surface area contributed by atoms with Gasteiger partial charge in [-0.15, -0.1) is 0 Å². The number of benzene rings is 2. The third kappa shape index (κ3) is 4.72. The summed E-state index contributed by atoms with van der Waals surface area (Å²) in [6.07, 6.45) is 2.11. The second kappa shape index (κ2) is 9.44. The molecule has 1 saturated heterocycles. The molecule has 1 amide bonds. The Balaban J connectivity index is 1.49. The molecule has 4 rings (SSSR count). The topological polar surface area (TPSA) is 73.0 Å². The highest BCUT2D eigenvalue weighted by molar-refractivity contribution is 7.89. The zero-order valence-corrected chi connectivity index (χ0v) is 19.4. The zero-order chi connectivity index (χ0) is 22.7. The van der Waals surface area contributed by atoms with Gasteiger partial charge in [-0.2, -0.15) is 4.31 Å². The van der Waals surface area contributed by atoms with E-state index in [9.17, 15) is 13.2 Å². The molecule has 0 saturated carbocycles. The van der Waals surface area contributed by atoms with E-state index in [0.29, 0.717) is 18.5 Å². The van der Waals surface area contributed by atoms with E-state index in [-0.39, 0.29) is 17.3 Å². The Morgan fingerprint density at radius 3 is 2.28 bits per heavy atom. The molecule has 0 atom stereocenters. The molecule has 2 aromatic rings. The van der Waals surface area contributed by atoms with Gasteiger partial charge in [0.25, 0.3) is 0 Å². The maximum Gasteiger partial charge on any atom is 0.246 e. The zero-order valence-electron chi connectivity index (χ0n) is 18.6. The molecule has 0 unspecified atom stereocenters. The number of hydrogen-bond donors (Lipinski definition) is 1. The molecule has 32 heavy (non-hydrogen) atoms. The molecule has 2 aromatic carbocycles. The first kappa shape index (κ1) is 22.5. The fraction of sp³-hybridized carbons (Fsp3) is 0.375. The highest BCUT2D eigenvalue weighted by atomic mass is 32.2. The summed E-state index contributed by atoms with van der Waals surface area (Å²) in [4.78, 5) is 16.7. The lowest BCUT2D eigenvalue weighted by atomic mass is 10.0.